The SMILES string of the molecule is CCCC(COC)NCCc1ccc([N+](=O)[O-])cc1. The largest absolute Gasteiger partial charge is 0.383 e. The molecule has 1 atom stereocenters. The summed E-state index contributed by atoms with van der Waals surface area (Å²) in [7, 11) is 1.71. The molecule has 0 saturated heterocycles. The minimum Gasteiger partial charge on any atom is -0.383 e. The third kappa shape index (κ3) is 5.81. The van der Waals surface area contributed by atoms with Crippen LogP contribution in [0, 0.1) is 10.1 Å². The predicted molar refractivity (Wildman–Crippen MR) is 75.4 cm³/mol. The lowest BCUT2D eigenvalue weighted by molar-refractivity contribution is -0.384. The third-order valence-electron chi connectivity index (χ3n) is 3.00. The fourth-order valence-corrected chi connectivity index (χ4v) is 2.00. The van der Waals surface area contributed by atoms with Crippen LogP contribution in [0.15, 0.2) is 24.3 Å². The van der Waals surface area contributed by atoms with E-state index in [1.807, 2.05) is 12.1 Å². The third-order valence-corrected chi connectivity index (χ3v) is 3.00. The van der Waals surface area contributed by atoms with Crippen molar-refractivity contribution in [1.82, 2.24) is 5.32 Å². The van der Waals surface area contributed by atoms with E-state index in [2.05, 4.69) is 12.2 Å². The lowest BCUT2D eigenvalue weighted by atomic mass is 10.1. The monoisotopic (exact) mass is 266 g/mol. The van der Waals surface area contributed by atoms with Crippen molar-refractivity contribution in [2.24, 2.45) is 0 Å². The van der Waals surface area contributed by atoms with Crippen LogP contribution >= 0.6 is 0 Å². The molecule has 1 rings (SSSR count). The van der Waals surface area contributed by atoms with E-state index in [0.717, 1.165) is 31.4 Å². The average molecular weight is 266 g/mol. The molecule has 0 radical (unpaired) electrons. The zero-order valence-electron chi connectivity index (χ0n) is 11.6. The molecular weight excluding hydrogens is 244 g/mol. The number of methoxy groups -OCH3 is 1. The van der Waals surface area contributed by atoms with Crippen LogP contribution < -0.4 is 5.32 Å². The highest BCUT2D eigenvalue weighted by Gasteiger charge is 2.07. The Morgan fingerprint density at radius 3 is 2.58 bits per heavy atom. The first-order valence-electron chi connectivity index (χ1n) is 6.63. The van der Waals surface area contributed by atoms with Gasteiger partial charge in [0.25, 0.3) is 5.69 Å². The molecule has 0 aromatic heterocycles. The van der Waals surface area contributed by atoms with Gasteiger partial charge in [0, 0.05) is 25.3 Å². The van der Waals surface area contributed by atoms with Crippen LogP contribution in [0.2, 0.25) is 0 Å². The first-order chi connectivity index (χ1) is 9.17. The number of nitro benzene ring substituents is 1. The molecule has 1 unspecified atom stereocenters. The van der Waals surface area contributed by atoms with Crippen molar-refractivity contribution >= 4 is 5.69 Å². The number of nitrogens with zero attached hydrogens (tertiary/aromatic N) is 1. The number of ether oxygens (including phenoxy) is 1. The first kappa shape index (κ1) is 15.6. The molecule has 19 heavy (non-hydrogen) atoms. The average Bonchev–Trinajstić information content (AvgIpc) is 2.40. The van der Waals surface area contributed by atoms with Crippen LogP contribution in [0.5, 0.6) is 0 Å². The van der Waals surface area contributed by atoms with Gasteiger partial charge in [-0.25, -0.2) is 0 Å². The van der Waals surface area contributed by atoms with E-state index >= 15 is 0 Å². The zero-order valence-corrected chi connectivity index (χ0v) is 11.6. The van der Waals surface area contributed by atoms with Crippen molar-refractivity contribution in [2.75, 3.05) is 20.3 Å². The quantitative estimate of drug-likeness (QED) is 0.551. The van der Waals surface area contributed by atoms with Crippen LogP contribution in [0.3, 0.4) is 0 Å². The van der Waals surface area contributed by atoms with Gasteiger partial charge in [0.2, 0.25) is 0 Å². The molecule has 0 amide bonds. The molecule has 1 aromatic rings. The highest BCUT2D eigenvalue weighted by atomic mass is 16.6. The molecule has 0 spiro atoms. The highest BCUT2D eigenvalue weighted by Crippen LogP contribution is 2.12. The standard InChI is InChI=1S/C14H22N2O3/c1-3-4-13(11-19-2)15-10-9-12-5-7-14(8-6-12)16(17)18/h5-8,13,15H,3-4,9-11H2,1-2H3. The smallest absolute Gasteiger partial charge is 0.269 e. The van der Waals surface area contributed by atoms with E-state index in [9.17, 15) is 10.1 Å². The Hall–Kier alpha value is -1.46. The molecule has 106 valence electrons. The Labute approximate surface area is 114 Å². The van der Waals surface area contributed by atoms with Crippen molar-refractivity contribution < 1.29 is 9.66 Å². The van der Waals surface area contributed by atoms with Gasteiger partial charge in [-0.3, -0.25) is 10.1 Å². The van der Waals surface area contributed by atoms with Gasteiger partial charge in [-0.1, -0.05) is 25.5 Å². The predicted octanol–water partition coefficient (Wildman–Crippen LogP) is 2.54. The number of nitro groups is 1. The maximum Gasteiger partial charge on any atom is 0.269 e. The van der Waals surface area contributed by atoms with Gasteiger partial charge in [0.05, 0.1) is 11.5 Å². The van der Waals surface area contributed by atoms with E-state index < -0.39 is 0 Å². The van der Waals surface area contributed by atoms with Gasteiger partial charge in [0.15, 0.2) is 0 Å². The van der Waals surface area contributed by atoms with Crippen LogP contribution in [-0.2, 0) is 11.2 Å². The molecule has 5 nitrogen and oxygen atoms in total. The molecule has 1 aromatic carbocycles. The van der Waals surface area contributed by atoms with Crippen molar-refractivity contribution in [1.29, 1.82) is 0 Å². The van der Waals surface area contributed by atoms with E-state index in [4.69, 9.17) is 4.74 Å². The van der Waals surface area contributed by atoms with E-state index in [-0.39, 0.29) is 10.6 Å². The summed E-state index contributed by atoms with van der Waals surface area (Å²) in [6.45, 7) is 3.72. The summed E-state index contributed by atoms with van der Waals surface area (Å²) in [5, 5.41) is 14.0. The summed E-state index contributed by atoms with van der Waals surface area (Å²) in [6.07, 6.45) is 3.08. The van der Waals surface area contributed by atoms with Crippen LogP contribution in [-0.4, -0.2) is 31.2 Å². The van der Waals surface area contributed by atoms with Crippen molar-refractivity contribution in [2.45, 2.75) is 32.2 Å². The Kier molecular flexibility index (Phi) is 7.07. The molecule has 0 aliphatic heterocycles. The molecule has 0 bridgehead atoms. The molecular formula is C14H22N2O3. The van der Waals surface area contributed by atoms with Crippen LogP contribution in [0.25, 0.3) is 0 Å². The van der Waals surface area contributed by atoms with Gasteiger partial charge in [-0.05, 0) is 24.9 Å². The van der Waals surface area contributed by atoms with Crippen molar-refractivity contribution in [3.63, 3.8) is 0 Å². The summed E-state index contributed by atoms with van der Waals surface area (Å²) in [5.41, 5.74) is 1.24. The van der Waals surface area contributed by atoms with Crippen LogP contribution in [0.4, 0.5) is 5.69 Å². The molecule has 1 N–H and O–H groups in total. The fourth-order valence-electron chi connectivity index (χ4n) is 2.00. The maximum atomic E-state index is 10.5. The molecule has 0 saturated carbocycles. The molecule has 0 aliphatic carbocycles. The maximum absolute atomic E-state index is 10.5. The Morgan fingerprint density at radius 1 is 1.37 bits per heavy atom. The number of hydrogen-bond donors (Lipinski definition) is 1. The fraction of sp³-hybridized carbons (Fsp3) is 0.571. The normalized spacial score (nSPS) is 12.3. The number of nitrogens with one attached hydrogen (secondary N) is 1. The number of non-ortho nitro benzene ring substituents is 1. The molecule has 0 heterocycles. The van der Waals surface area contributed by atoms with Crippen LogP contribution in [0.1, 0.15) is 25.3 Å². The Balaban J connectivity index is 2.37. The van der Waals surface area contributed by atoms with E-state index in [1.54, 1.807) is 19.2 Å². The second kappa shape index (κ2) is 8.61. The van der Waals surface area contributed by atoms with Gasteiger partial charge >= 0.3 is 0 Å². The summed E-state index contributed by atoms with van der Waals surface area (Å²) < 4.78 is 5.16. The first-order valence-corrected chi connectivity index (χ1v) is 6.63. The molecule has 0 fully saturated rings. The topological polar surface area (TPSA) is 64.4 Å². The second-order valence-corrected chi connectivity index (χ2v) is 4.57. The van der Waals surface area contributed by atoms with Gasteiger partial charge in [-0.15, -0.1) is 0 Å². The number of benzene rings is 1. The Morgan fingerprint density at radius 2 is 2.05 bits per heavy atom. The zero-order chi connectivity index (χ0) is 14.1. The number of hydrogen-bond acceptors (Lipinski definition) is 4. The minimum atomic E-state index is -0.377. The van der Waals surface area contributed by atoms with Crippen molar-refractivity contribution in [3.05, 3.63) is 39.9 Å². The Bertz CT molecular complexity index is 373. The van der Waals surface area contributed by atoms with Gasteiger partial charge in [0.1, 0.15) is 0 Å². The lowest BCUT2D eigenvalue weighted by Crippen LogP contribution is -2.34. The molecule has 5 heteroatoms. The second-order valence-electron chi connectivity index (χ2n) is 4.57. The van der Waals surface area contributed by atoms with Gasteiger partial charge < -0.3 is 10.1 Å². The minimum absolute atomic E-state index is 0.139. The summed E-state index contributed by atoms with van der Waals surface area (Å²) in [5.74, 6) is 0. The van der Waals surface area contributed by atoms with E-state index in [0.29, 0.717) is 12.6 Å². The lowest BCUT2D eigenvalue weighted by Gasteiger charge is -2.17. The van der Waals surface area contributed by atoms with Crippen molar-refractivity contribution in [3.8, 4) is 0 Å². The number of rotatable bonds is 9. The van der Waals surface area contributed by atoms with Gasteiger partial charge in [-0.2, -0.15) is 0 Å². The summed E-state index contributed by atoms with van der Waals surface area (Å²) in [6, 6.07) is 7.10. The summed E-state index contributed by atoms with van der Waals surface area (Å²) in [4.78, 5) is 10.2. The highest BCUT2D eigenvalue weighted by molar-refractivity contribution is 5.32. The molecule has 0 aliphatic rings. The summed E-state index contributed by atoms with van der Waals surface area (Å²) >= 11 is 0. The van der Waals surface area contributed by atoms with E-state index in [1.165, 1.54) is 0 Å².